The first-order chi connectivity index (χ1) is 9.62. The second-order valence-corrected chi connectivity index (χ2v) is 7.11. The molecular weight excluding hydrogens is 297 g/mol. The van der Waals surface area contributed by atoms with Crippen LogP contribution in [0.25, 0.3) is 0 Å². The summed E-state index contributed by atoms with van der Waals surface area (Å²) in [4.78, 5) is 0. The first-order valence-electron chi connectivity index (χ1n) is 8.26. The number of hydrogen-bond donors (Lipinski definition) is 1. The van der Waals surface area contributed by atoms with Gasteiger partial charge in [-0.15, -0.1) is 0 Å². The molecule has 0 fully saturated rings. The van der Waals surface area contributed by atoms with Crippen molar-refractivity contribution in [1.82, 2.24) is 5.48 Å². The van der Waals surface area contributed by atoms with Crippen molar-refractivity contribution in [1.29, 1.82) is 0 Å². The Labute approximate surface area is 154 Å². The van der Waals surface area contributed by atoms with Crippen LogP contribution in [0, 0.1) is 0 Å². The molecule has 0 aromatic heterocycles. The van der Waals surface area contributed by atoms with E-state index in [1.807, 2.05) is 6.92 Å². The molecule has 0 saturated heterocycles. The summed E-state index contributed by atoms with van der Waals surface area (Å²) in [5.74, 6) is 0.0814. The minimum atomic E-state index is -3.36. The van der Waals surface area contributed by atoms with E-state index in [1.54, 1.807) is 0 Å². The number of unbranched alkanes of at least 4 members (excludes halogenated alkanes) is 9. The molecule has 0 aliphatic carbocycles. The predicted molar refractivity (Wildman–Crippen MR) is 92.2 cm³/mol. The van der Waals surface area contributed by atoms with Gasteiger partial charge in [0.05, 0.1) is 5.75 Å². The van der Waals surface area contributed by atoms with Crippen molar-refractivity contribution >= 4 is 39.7 Å². The Hall–Kier alpha value is 0.870. The second-order valence-electron chi connectivity index (χ2n) is 5.42. The Morgan fingerprint density at radius 3 is 1.71 bits per heavy atom. The average Bonchev–Trinajstić information content (AvgIpc) is 2.40. The van der Waals surface area contributed by atoms with E-state index in [4.69, 9.17) is 0 Å². The molecule has 0 aliphatic heterocycles. The van der Waals surface area contributed by atoms with Crippen LogP contribution in [0.3, 0.4) is 0 Å². The zero-order chi connectivity index (χ0) is 15.1. The molecule has 0 saturated carbocycles. The van der Waals surface area contributed by atoms with E-state index in [-0.39, 0.29) is 35.3 Å². The van der Waals surface area contributed by atoms with Gasteiger partial charge in [-0.05, 0) is 12.8 Å². The maximum atomic E-state index is 11.2. The summed E-state index contributed by atoms with van der Waals surface area (Å²) in [7, 11) is -3.36. The van der Waals surface area contributed by atoms with E-state index in [2.05, 4.69) is 16.7 Å². The Bertz CT molecular complexity index is 297. The predicted octanol–water partition coefficient (Wildman–Crippen LogP) is 3.52. The summed E-state index contributed by atoms with van der Waals surface area (Å²) in [5.41, 5.74) is 2.55. The Balaban J connectivity index is 0. The van der Waals surface area contributed by atoms with Crippen LogP contribution >= 0.6 is 0 Å². The van der Waals surface area contributed by atoms with Crippen molar-refractivity contribution in [2.45, 2.75) is 84.5 Å². The van der Waals surface area contributed by atoms with Gasteiger partial charge in [0.2, 0.25) is 0 Å². The Morgan fingerprint density at radius 1 is 0.762 bits per heavy atom. The van der Waals surface area contributed by atoms with Gasteiger partial charge in [0, 0.05) is 6.54 Å². The molecule has 0 atom stereocenters. The molecule has 0 amide bonds. The fourth-order valence-electron chi connectivity index (χ4n) is 2.11. The van der Waals surface area contributed by atoms with Crippen LogP contribution in [0.15, 0.2) is 0 Å². The van der Waals surface area contributed by atoms with Crippen LogP contribution < -0.4 is 5.48 Å². The van der Waals surface area contributed by atoms with Gasteiger partial charge in [0.1, 0.15) is 0 Å². The molecule has 0 spiro atoms. The van der Waals surface area contributed by atoms with Crippen LogP contribution in [0.1, 0.15) is 84.5 Å². The summed E-state index contributed by atoms with van der Waals surface area (Å²) in [5, 5.41) is 0. The van der Waals surface area contributed by atoms with Gasteiger partial charge < -0.3 is 0 Å². The van der Waals surface area contributed by atoms with Crippen molar-refractivity contribution in [3.05, 3.63) is 0 Å². The van der Waals surface area contributed by atoms with Crippen molar-refractivity contribution in [2.24, 2.45) is 0 Å². The molecule has 124 valence electrons. The normalized spacial score (nSPS) is 11.3. The number of hydrogen-bond acceptors (Lipinski definition) is 4. The zero-order valence-corrected chi connectivity index (χ0v) is 14.1. The topological polar surface area (TPSA) is 55.4 Å². The molecule has 4 nitrogen and oxygen atoms in total. The Morgan fingerprint density at radius 2 is 1.24 bits per heavy atom. The van der Waals surface area contributed by atoms with E-state index in [0.29, 0.717) is 13.0 Å². The van der Waals surface area contributed by atoms with Crippen LogP contribution in [-0.2, 0) is 14.4 Å². The molecule has 0 aliphatic rings. The van der Waals surface area contributed by atoms with Crippen molar-refractivity contribution in [3.8, 4) is 0 Å². The quantitative estimate of drug-likeness (QED) is 0.283. The summed E-state index contributed by atoms with van der Waals surface area (Å²) >= 11 is 0. The Kier molecular flexibility index (Phi) is 19.8. The molecule has 0 heterocycles. The summed E-state index contributed by atoms with van der Waals surface area (Å²) in [6, 6.07) is 0. The van der Waals surface area contributed by atoms with Crippen LogP contribution in [0.5, 0.6) is 0 Å². The van der Waals surface area contributed by atoms with E-state index >= 15 is 0 Å². The zero-order valence-electron chi connectivity index (χ0n) is 13.3. The first-order valence-corrected chi connectivity index (χ1v) is 9.84. The number of rotatable bonds is 15. The minimum absolute atomic E-state index is 0. The van der Waals surface area contributed by atoms with Crippen molar-refractivity contribution < 1.29 is 12.7 Å². The third kappa shape index (κ3) is 18.8. The van der Waals surface area contributed by atoms with Gasteiger partial charge in [0.15, 0.2) is 0 Å². The molecule has 0 unspecified atom stereocenters. The second kappa shape index (κ2) is 17.2. The van der Waals surface area contributed by atoms with Crippen LogP contribution in [0.4, 0.5) is 0 Å². The molecule has 0 bridgehead atoms. The molecule has 0 rings (SSSR count). The molecule has 1 N–H and O–H groups in total. The maximum absolute atomic E-state index is 11.2. The number of nitrogens with one attached hydrogen (secondary N) is 1. The summed E-state index contributed by atoms with van der Waals surface area (Å²) in [6.45, 7) is 4.67. The van der Waals surface area contributed by atoms with E-state index in [9.17, 15) is 8.42 Å². The SMILES string of the molecule is CCCCCCCCCCCCNOS(=O)(=O)CCC.[NaH]. The van der Waals surface area contributed by atoms with E-state index in [1.165, 1.54) is 51.4 Å². The van der Waals surface area contributed by atoms with Crippen LogP contribution in [-0.4, -0.2) is 50.3 Å². The van der Waals surface area contributed by atoms with Crippen molar-refractivity contribution in [3.63, 3.8) is 0 Å². The van der Waals surface area contributed by atoms with Gasteiger partial charge in [-0.2, -0.15) is 18.2 Å². The van der Waals surface area contributed by atoms with Gasteiger partial charge >= 0.3 is 29.6 Å². The molecule has 0 aromatic rings. The first kappa shape index (κ1) is 24.1. The fourth-order valence-corrected chi connectivity index (χ4v) is 2.95. The van der Waals surface area contributed by atoms with E-state index < -0.39 is 10.1 Å². The molecule has 0 aromatic carbocycles. The average molecular weight is 331 g/mol. The standard InChI is InChI=1S/C15H33NO3S.Na.H/c1-3-5-6-7-8-9-10-11-12-13-14-16-19-20(17,18)15-4-2;;/h16H,3-15H2,1-2H3;;. The van der Waals surface area contributed by atoms with Crippen molar-refractivity contribution in [2.75, 3.05) is 12.3 Å². The van der Waals surface area contributed by atoms with Gasteiger partial charge in [-0.1, -0.05) is 71.6 Å². The monoisotopic (exact) mass is 331 g/mol. The van der Waals surface area contributed by atoms with Crippen LogP contribution in [0.2, 0.25) is 0 Å². The molecule has 21 heavy (non-hydrogen) atoms. The van der Waals surface area contributed by atoms with E-state index in [0.717, 1.165) is 12.8 Å². The fraction of sp³-hybridized carbons (Fsp3) is 1.00. The summed E-state index contributed by atoms with van der Waals surface area (Å²) in [6.07, 6.45) is 13.3. The summed E-state index contributed by atoms with van der Waals surface area (Å²) < 4.78 is 27.1. The van der Waals surface area contributed by atoms with Gasteiger partial charge in [-0.25, -0.2) is 0 Å². The third-order valence-electron chi connectivity index (χ3n) is 3.27. The third-order valence-corrected chi connectivity index (χ3v) is 4.55. The molecular formula is C15H34NNaO3S. The van der Waals surface area contributed by atoms with Gasteiger partial charge in [-0.3, -0.25) is 0 Å². The molecule has 0 radical (unpaired) electrons. The molecule has 6 heteroatoms. The number of hydroxylamine groups is 1. The van der Waals surface area contributed by atoms with Gasteiger partial charge in [0.25, 0.3) is 10.1 Å².